The van der Waals surface area contributed by atoms with Gasteiger partial charge in [0.15, 0.2) is 0 Å². The molecule has 140 valence electrons. The minimum atomic E-state index is -3.62. The third-order valence-electron chi connectivity index (χ3n) is 4.11. The lowest BCUT2D eigenvalue weighted by molar-refractivity contribution is -0.116. The predicted octanol–water partition coefficient (Wildman–Crippen LogP) is 3.54. The van der Waals surface area contributed by atoms with Gasteiger partial charge in [0.1, 0.15) is 0 Å². The highest BCUT2D eigenvalue weighted by atomic mass is 35.5. The summed E-state index contributed by atoms with van der Waals surface area (Å²) in [6.07, 6.45) is 0.848. The van der Waals surface area contributed by atoms with Crippen LogP contribution in [0.1, 0.15) is 25.0 Å². The maximum Gasteiger partial charge on any atom is 0.240 e. The van der Waals surface area contributed by atoms with E-state index in [0.29, 0.717) is 10.7 Å². The number of hydrogen-bond donors (Lipinski definition) is 1. The van der Waals surface area contributed by atoms with Crippen LogP contribution in [0.2, 0.25) is 5.02 Å². The first-order valence-electron chi connectivity index (χ1n) is 8.37. The van der Waals surface area contributed by atoms with Gasteiger partial charge in [-0.3, -0.25) is 4.79 Å². The highest BCUT2D eigenvalue weighted by Crippen LogP contribution is 2.24. The summed E-state index contributed by atoms with van der Waals surface area (Å²) in [5.41, 5.74) is 2.64. The molecule has 0 saturated carbocycles. The molecule has 2 aromatic carbocycles. The van der Waals surface area contributed by atoms with E-state index in [9.17, 15) is 13.2 Å². The van der Waals surface area contributed by atoms with E-state index in [4.69, 9.17) is 11.6 Å². The fraction of sp³-hybridized carbons (Fsp3) is 0.316. The first-order valence-corrected chi connectivity index (χ1v) is 10.2. The average Bonchev–Trinajstić information content (AvgIpc) is 2.61. The van der Waals surface area contributed by atoms with Crippen molar-refractivity contribution >= 4 is 33.2 Å². The molecular weight excluding hydrogens is 372 g/mol. The van der Waals surface area contributed by atoms with Crippen molar-refractivity contribution in [1.29, 1.82) is 0 Å². The van der Waals surface area contributed by atoms with E-state index in [1.165, 1.54) is 11.8 Å². The van der Waals surface area contributed by atoms with Crippen molar-refractivity contribution in [2.24, 2.45) is 0 Å². The molecule has 0 radical (unpaired) electrons. The Hall–Kier alpha value is -1.89. The number of nitrogens with zero attached hydrogens (tertiary/aromatic N) is 1. The third-order valence-corrected chi connectivity index (χ3v) is 5.82. The number of hydrogen-bond acceptors (Lipinski definition) is 3. The molecule has 7 heteroatoms. The first-order chi connectivity index (χ1) is 12.2. The zero-order valence-electron chi connectivity index (χ0n) is 15.1. The van der Waals surface area contributed by atoms with Crippen molar-refractivity contribution in [3.63, 3.8) is 0 Å². The fourth-order valence-corrected chi connectivity index (χ4v) is 3.79. The molecule has 0 bridgehead atoms. The van der Waals surface area contributed by atoms with E-state index in [1.54, 1.807) is 36.4 Å². The molecule has 1 amide bonds. The molecule has 0 aliphatic rings. The highest BCUT2D eigenvalue weighted by molar-refractivity contribution is 7.89. The normalized spacial score (nSPS) is 11.4. The summed E-state index contributed by atoms with van der Waals surface area (Å²) < 4.78 is 27.4. The van der Waals surface area contributed by atoms with E-state index < -0.39 is 10.0 Å². The van der Waals surface area contributed by atoms with Gasteiger partial charge in [0, 0.05) is 30.7 Å². The van der Waals surface area contributed by atoms with Gasteiger partial charge in [-0.1, -0.05) is 36.7 Å². The van der Waals surface area contributed by atoms with E-state index >= 15 is 0 Å². The second-order valence-corrected chi connectivity index (χ2v) is 8.20. The van der Waals surface area contributed by atoms with Gasteiger partial charge >= 0.3 is 0 Å². The van der Waals surface area contributed by atoms with Crippen molar-refractivity contribution in [2.75, 3.05) is 18.0 Å². The molecule has 0 aliphatic heterocycles. The Morgan fingerprint density at radius 2 is 1.81 bits per heavy atom. The Morgan fingerprint density at radius 1 is 1.15 bits per heavy atom. The number of anilines is 1. The van der Waals surface area contributed by atoms with Crippen molar-refractivity contribution in [1.82, 2.24) is 4.72 Å². The SMILES string of the molecule is CCc1ccc(S(=O)(=O)NCCN(C(C)=O)c2cc(Cl)ccc2C)cc1. The number of amides is 1. The molecule has 2 aromatic rings. The van der Waals surface area contributed by atoms with Crippen LogP contribution in [0.4, 0.5) is 5.69 Å². The maximum absolute atomic E-state index is 12.4. The molecule has 5 nitrogen and oxygen atoms in total. The number of nitrogens with one attached hydrogen (secondary N) is 1. The number of sulfonamides is 1. The predicted molar refractivity (Wildman–Crippen MR) is 105 cm³/mol. The number of rotatable bonds is 7. The Bertz CT molecular complexity index is 880. The molecule has 1 N–H and O–H groups in total. The molecule has 0 fully saturated rings. The second-order valence-electron chi connectivity index (χ2n) is 6.00. The standard InChI is InChI=1S/C19H23ClN2O3S/c1-4-16-6-9-18(10-7-16)26(24,25)21-11-12-22(15(3)23)19-13-17(20)8-5-14(19)2/h5-10,13,21H,4,11-12H2,1-3H3. The Labute approximate surface area is 160 Å². The molecule has 0 aliphatic carbocycles. The maximum atomic E-state index is 12.4. The van der Waals surface area contributed by atoms with E-state index in [2.05, 4.69) is 4.72 Å². The van der Waals surface area contributed by atoms with E-state index in [0.717, 1.165) is 17.5 Å². The lowest BCUT2D eigenvalue weighted by atomic mass is 10.2. The van der Waals surface area contributed by atoms with Crippen LogP contribution >= 0.6 is 11.6 Å². The Morgan fingerprint density at radius 3 is 2.38 bits per heavy atom. The minimum absolute atomic E-state index is 0.101. The molecule has 26 heavy (non-hydrogen) atoms. The van der Waals surface area contributed by atoms with Gasteiger partial charge in [0.05, 0.1) is 4.90 Å². The number of benzene rings is 2. The smallest absolute Gasteiger partial charge is 0.240 e. The van der Waals surface area contributed by atoms with Gasteiger partial charge in [-0.05, 0) is 48.7 Å². The van der Waals surface area contributed by atoms with Crippen LogP contribution in [-0.2, 0) is 21.2 Å². The highest BCUT2D eigenvalue weighted by Gasteiger charge is 2.17. The number of aryl methyl sites for hydroxylation is 2. The van der Waals surface area contributed by atoms with Crippen LogP contribution in [0.5, 0.6) is 0 Å². The summed E-state index contributed by atoms with van der Waals surface area (Å²) in [5, 5.41) is 0.522. The lowest BCUT2D eigenvalue weighted by Gasteiger charge is -2.23. The lowest BCUT2D eigenvalue weighted by Crippen LogP contribution is -2.37. The second kappa shape index (κ2) is 8.66. The molecule has 0 unspecified atom stereocenters. The average molecular weight is 395 g/mol. The van der Waals surface area contributed by atoms with Crippen LogP contribution in [0.3, 0.4) is 0 Å². The molecular formula is C19H23ClN2O3S. The summed E-state index contributed by atoms with van der Waals surface area (Å²) >= 11 is 6.03. The Balaban J connectivity index is 2.09. The van der Waals surface area contributed by atoms with Crippen molar-refractivity contribution in [2.45, 2.75) is 32.1 Å². The summed E-state index contributed by atoms with van der Waals surface area (Å²) in [6.45, 7) is 5.64. The van der Waals surface area contributed by atoms with Crippen LogP contribution in [0, 0.1) is 6.92 Å². The fourth-order valence-electron chi connectivity index (χ4n) is 2.60. The number of halogens is 1. The van der Waals surface area contributed by atoms with Gasteiger partial charge in [-0.2, -0.15) is 0 Å². The molecule has 2 rings (SSSR count). The molecule has 0 heterocycles. The van der Waals surface area contributed by atoms with E-state index in [-0.39, 0.29) is 23.9 Å². The van der Waals surface area contributed by atoms with Gasteiger partial charge in [-0.15, -0.1) is 0 Å². The van der Waals surface area contributed by atoms with Crippen LogP contribution in [0.25, 0.3) is 0 Å². The molecule has 0 spiro atoms. The summed E-state index contributed by atoms with van der Waals surface area (Å²) in [5.74, 6) is -0.179. The summed E-state index contributed by atoms with van der Waals surface area (Å²) in [6, 6.07) is 12.1. The van der Waals surface area contributed by atoms with Gasteiger partial charge in [-0.25, -0.2) is 13.1 Å². The Kier molecular flexibility index (Phi) is 6.81. The quantitative estimate of drug-likeness (QED) is 0.781. The first kappa shape index (κ1) is 20.4. The van der Waals surface area contributed by atoms with Gasteiger partial charge in [0.25, 0.3) is 0 Å². The third kappa shape index (κ3) is 5.06. The van der Waals surface area contributed by atoms with Crippen LogP contribution < -0.4 is 9.62 Å². The zero-order chi connectivity index (χ0) is 19.3. The summed E-state index contributed by atoms with van der Waals surface area (Å²) in [4.78, 5) is 13.7. The minimum Gasteiger partial charge on any atom is -0.311 e. The van der Waals surface area contributed by atoms with Crippen LogP contribution in [-0.4, -0.2) is 27.4 Å². The van der Waals surface area contributed by atoms with Crippen molar-refractivity contribution in [3.05, 3.63) is 58.6 Å². The molecule has 0 saturated heterocycles. The molecule has 0 aromatic heterocycles. The number of carbonyl (C=O) groups excluding carboxylic acids is 1. The summed E-state index contributed by atoms with van der Waals surface area (Å²) in [7, 11) is -3.62. The van der Waals surface area contributed by atoms with Crippen LogP contribution in [0.15, 0.2) is 47.4 Å². The van der Waals surface area contributed by atoms with Gasteiger partial charge < -0.3 is 4.90 Å². The monoisotopic (exact) mass is 394 g/mol. The largest absolute Gasteiger partial charge is 0.311 e. The van der Waals surface area contributed by atoms with Crippen molar-refractivity contribution in [3.8, 4) is 0 Å². The van der Waals surface area contributed by atoms with Crippen molar-refractivity contribution < 1.29 is 13.2 Å². The zero-order valence-corrected chi connectivity index (χ0v) is 16.7. The topological polar surface area (TPSA) is 66.5 Å². The van der Waals surface area contributed by atoms with Gasteiger partial charge in [0.2, 0.25) is 15.9 Å². The van der Waals surface area contributed by atoms with E-state index in [1.807, 2.05) is 19.9 Å². The molecule has 0 atom stereocenters. The number of carbonyl (C=O) groups is 1.